The zero-order valence-electron chi connectivity index (χ0n) is 48.6. The van der Waals surface area contributed by atoms with Gasteiger partial charge in [0, 0.05) is 19.3 Å². The van der Waals surface area contributed by atoms with Crippen molar-refractivity contribution in [3.63, 3.8) is 0 Å². The normalized spacial score (nSPS) is 12.7. The largest absolute Gasteiger partial charge is 0.462 e. The van der Waals surface area contributed by atoms with E-state index in [1.807, 2.05) is 6.08 Å². The zero-order chi connectivity index (χ0) is 53.6. The molecule has 6 nitrogen and oxygen atoms in total. The predicted molar refractivity (Wildman–Crippen MR) is 320 cm³/mol. The van der Waals surface area contributed by atoms with E-state index >= 15 is 0 Å². The number of esters is 3. The molecule has 0 fully saturated rings. The first-order valence-electron chi connectivity index (χ1n) is 31.2. The molecule has 0 aromatic carbocycles. The van der Waals surface area contributed by atoms with Crippen molar-refractivity contribution >= 4 is 17.9 Å². The van der Waals surface area contributed by atoms with Crippen molar-refractivity contribution in [1.29, 1.82) is 0 Å². The Morgan fingerprint density at radius 1 is 0.284 bits per heavy atom. The first-order chi connectivity index (χ1) is 36.5. The fraction of sp³-hybridized carbons (Fsp3) is 0.721. The average Bonchev–Trinajstić information content (AvgIpc) is 3.40. The molecule has 0 aromatic rings. The van der Waals surface area contributed by atoms with Crippen LogP contribution in [0.3, 0.4) is 0 Å². The Bertz CT molecular complexity index is 1460. The Labute approximate surface area is 457 Å². The van der Waals surface area contributed by atoms with Crippen molar-refractivity contribution < 1.29 is 28.6 Å². The van der Waals surface area contributed by atoms with Gasteiger partial charge in [-0.05, 0) is 83.5 Å². The molecule has 0 aliphatic carbocycles. The molecule has 1 atom stereocenters. The van der Waals surface area contributed by atoms with Crippen LogP contribution in [0.1, 0.15) is 297 Å². The van der Waals surface area contributed by atoms with Crippen LogP contribution < -0.4 is 0 Å². The van der Waals surface area contributed by atoms with E-state index in [1.54, 1.807) is 0 Å². The van der Waals surface area contributed by atoms with Crippen LogP contribution in [0.15, 0.2) is 97.2 Å². The minimum atomic E-state index is -0.806. The van der Waals surface area contributed by atoms with Gasteiger partial charge in [0.1, 0.15) is 13.2 Å². The monoisotopic (exact) mass is 1030 g/mol. The Morgan fingerprint density at radius 2 is 0.554 bits per heavy atom. The number of hydrogen-bond donors (Lipinski definition) is 0. The molecule has 0 aromatic heterocycles. The van der Waals surface area contributed by atoms with Crippen LogP contribution in [0.25, 0.3) is 0 Å². The van der Waals surface area contributed by atoms with Gasteiger partial charge >= 0.3 is 17.9 Å². The van der Waals surface area contributed by atoms with Crippen molar-refractivity contribution in [3.05, 3.63) is 97.2 Å². The molecule has 424 valence electrons. The number of allylic oxidation sites excluding steroid dienone is 16. The van der Waals surface area contributed by atoms with Crippen molar-refractivity contribution in [1.82, 2.24) is 0 Å². The van der Waals surface area contributed by atoms with Crippen molar-refractivity contribution in [3.8, 4) is 0 Å². The summed E-state index contributed by atoms with van der Waals surface area (Å²) < 4.78 is 16.8. The van der Waals surface area contributed by atoms with E-state index in [2.05, 4.69) is 112 Å². The van der Waals surface area contributed by atoms with Gasteiger partial charge in [-0.25, -0.2) is 0 Å². The summed E-state index contributed by atoms with van der Waals surface area (Å²) in [5, 5.41) is 0. The lowest BCUT2D eigenvalue weighted by Gasteiger charge is -2.18. The van der Waals surface area contributed by atoms with Crippen LogP contribution in [0, 0.1) is 0 Å². The number of unbranched alkanes of at least 4 members (excludes halogenated alkanes) is 29. The molecule has 1 unspecified atom stereocenters. The summed E-state index contributed by atoms with van der Waals surface area (Å²) in [7, 11) is 0. The highest BCUT2D eigenvalue weighted by molar-refractivity contribution is 5.71. The lowest BCUT2D eigenvalue weighted by molar-refractivity contribution is -0.166. The molecule has 0 aliphatic heterocycles. The quantitative estimate of drug-likeness (QED) is 0.0261. The molecule has 0 saturated heterocycles. The highest BCUT2D eigenvalue weighted by Gasteiger charge is 2.19. The molecule has 0 heterocycles. The number of carbonyl (C=O) groups is 3. The van der Waals surface area contributed by atoms with Crippen LogP contribution in [0.4, 0.5) is 0 Å². The van der Waals surface area contributed by atoms with Crippen molar-refractivity contribution in [2.24, 2.45) is 0 Å². The third-order valence-corrected chi connectivity index (χ3v) is 13.3. The van der Waals surface area contributed by atoms with Gasteiger partial charge in [0.05, 0.1) is 0 Å². The first kappa shape index (κ1) is 70.3. The first-order valence-corrected chi connectivity index (χ1v) is 31.2. The second-order valence-corrected chi connectivity index (χ2v) is 20.6. The van der Waals surface area contributed by atoms with Crippen LogP contribution in [-0.2, 0) is 28.6 Å². The third kappa shape index (κ3) is 59.2. The molecule has 0 radical (unpaired) electrons. The molecule has 0 aliphatic rings. The second-order valence-electron chi connectivity index (χ2n) is 20.6. The molecular weight excluding hydrogens is 913 g/mol. The highest BCUT2D eigenvalue weighted by atomic mass is 16.6. The molecule has 74 heavy (non-hydrogen) atoms. The predicted octanol–water partition coefficient (Wildman–Crippen LogP) is 21.3. The zero-order valence-corrected chi connectivity index (χ0v) is 48.6. The van der Waals surface area contributed by atoms with Gasteiger partial charge in [-0.3, -0.25) is 14.4 Å². The summed E-state index contributed by atoms with van der Waals surface area (Å²) in [6.45, 7) is 6.38. The molecule has 0 rings (SSSR count). The fourth-order valence-electron chi connectivity index (χ4n) is 8.74. The Morgan fingerprint density at radius 3 is 0.905 bits per heavy atom. The number of ether oxygens (including phenoxy) is 3. The SMILES string of the molecule is CC/C=C\C/C=C\C/C=C\C/C=C\CCCCCCCCCCCCCCC(=O)OCC(COC(=O)CC/C=C\C/C=C\C/C=C\C/C=C\CC)OC(=O)CCCCCCCCCCCCCCCCCCCC. The van der Waals surface area contributed by atoms with E-state index in [1.165, 1.54) is 161 Å². The van der Waals surface area contributed by atoms with Crippen LogP contribution in [0.2, 0.25) is 0 Å². The summed E-state index contributed by atoms with van der Waals surface area (Å²) in [6, 6.07) is 0. The molecule has 0 amide bonds. The average molecular weight is 1030 g/mol. The third-order valence-electron chi connectivity index (χ3n) is 13.3. The van der Waals surface area contributed by atoms with Crippen LogP contribution in [0.5, 0.6) is 0 Å². The summed E-state index contributed by atoms with van der Waals surface area (Å²) in [4.78, 5) is 38.2. The molecule has 0 saturated carbocycles. The lowest BCUT2D eigenvalue weighted by atomic mass is 10.0. The topological polar surface area (TPSA) is 78.9 Å². The Kier molecular flexibility index (Phi) is 58.8. The van der Waals surface area contributed by atoms with Gasteiger partial charge < -0.3 is 14.2 Å². The van der Waals surface area contributed by atoms with Gasteiger partial charge in [-0.2, -0.15) is 0 Å². The molecule has 6 heteroatoms. The van der Waals surface area contributed by atoms with Crippen molar-refractivity contribution in [2.45, 2.75) is 303 Å². The van der Waals surface area contributed by atoms with Crippen LogP contribution >= 0.6 is 0 Å². The van der Waals surface area contributed by atoms with Crippen molar-refractivity contribution in [2.75, 3.05) is 13.2 Å². The van der Waals surface area contributed by atoms with Gasteiger partial charge in [0.25, 0.3) is 0 Å². The van der Waals surface area contributed by atoms with E-state index in [9.17, 15) is 14.4 Å². The Hall–Kier alpha value is -3.67. The van der Waals surface area contributed by atoms with E-state index < -0.39 is 6.10 Å². The second kappa shape index (κ2) is 61.9. The molecule has 0 N–H and O–H groups in total. The van der Waals surface area contributed by atoms with Crippen LogP contribution in [-0.4, -0.2) is 37.2 Å². The Balaban J connectivity index is 4.33. The lowest BCUT2D eigenvalue weighted by Crippen LogP contribution is -2.30. The minimum Gasteiger partial charge on any atom is -0.462 e. The van der Waals surface area contributed by atoms with E-state index in [0.717, 1.165) is 89.9 Å². The van der Waals surface area contributed by atoms with E-state index in [0.29, 0.717) is 19.3 Å². The standard InChI is InChI=1S/C68H116O6/c1-4-7-10-13-16-19-22-25-27-29-31-32-33-34-35-36-37-39-40-43-46-49-52-55-58-61-67(70)73-64-65(63-72-66(69)60-57-54-51-48-45-42-24-21-18-15-12-9-6-3)74-68(71)62-59-56-53-50-47-44-41-38-30-28-26-23-20-17-14-11-8-5-2/h7,9-10,12,16,18-19,21,25,27,31-32,42,45,51,54,65H,4-6,8,11,13-15,17,20,22-24,26,28-30,33-41,43-44,46-50,52-53,55-64H2,1-3H3/b10-7-,12-9-,19-16-,21-18-,27-25-,32-31-,45-42-,54-51-. The highest BCUT2D eigenvalue weighted by Crippen LogP contribution is 2.17. The maximum absolute atomic E-state index is 12.9. The number of rotatable bonds is 56. The number of hydrogen-bond acceptors (Lipinski definition) is 6. The van der Waals surface area contributed by atoms with Gasteiger partial charge in [0.15, 0.2) is 6.10 Å². The summed E-state index contributed by atoms with van der Waals surface area (Å²) >= 11 is 0. The maximum Gasteiger partial charge on any atom is 0.306 e. The summed E-state index contributed by atoms with van der Waals surface area (Å²) in [6.07, 6.45) is 82.9. The van der Waals surface area contributed by atoms with Gasteiger partial charge in [-0.15, -0.1) is 0 Å². The molecular formula is C68H116O6. The number of carbonyl (C=O) groups excluding carboxylic acids is 3. The fourth-order valence-corrected chi connectivity index (χ4v) is 8.74. The van der Waals surface area contributed by atoms with E-state index in [4.69, 9.17) is 14.2 Å². The minimum absolute atomic E-state index is 0.0981. The maximum atomic E-state index is 12.9. The smallest absolute Gasteiger partial charge is 0.306 e. The molecule has 0 spiro atoms. The summed E-state index contributed by atoms with van der Waals surface area (Å²) in [5.41, 5.74) is 0. The summed E-state index contributed by atoms with van der Waals surface area (Å²) in [5.74, 6) is -0.974. The molecule has 0 bridgehead atoms. The van der Waals surface area contributed by atoms with Gasteiger partial charge in [0.2, 0.25) is 0 Å². The van der Waals surface area contributed by atoms with Gasteiger partial charge in [-0.1, -0.05) is 291 Å². The van der Waals surface area contributed by atoms with E-state index in [-0.39, 0.29) is 37.5 Å².